The van der Waals surface area contributed by atoms with Crippen molar-refractivity contribution in [2.75, 3.05) is 5.32 Å². The first-order valence-electron chi connectivity index (χ1n) is 7.59. The topological polar surface area (TPSA) is 46.9 Å². The predicted molar refractivity (Wildman–Crippen MR) is 97.3 cm³/mol. The van der Waals surface area contributed by atoms with Crippen molar-refractivity contribution in [3.63, 3.8) is 0 Å². The molecule has 3 rings (SSSR count). The van der Waals surface area contributed by atoms with Gasteiger partial charge in [-0.1, -0.05) is 42.3 Å². The van der Waals surface area contributed by atoms with E-state index in [-0.39, 0.29) is 10.7 Å². The molecule has 0 bridgehead atoms. The molecule has 1 aromatic heterocycles. The van der Waals surface area contributed by atoms with Gasteiger partial charge < -0.3 is 5.32 Å². The smallest absolute Gasteiger partial charge is 0.259 e. The molecule has 25 heavy (non-hydrogen) atoms. The van der Waals surface area contributed by atoms with Crippen LogP contribution in [-0.4, -0.2) is 15.7 Å². The maximum Gasteiger partial charge on any atom is 0.259 e. The predicted octanol–water partition coefficient (Wildman–Crippen LogP) is 5.13. The minimum absolute atomic E-state index is 0.0232. The van der Waals surface area contributed by atoms with Crippen LogP contribution in [0, 0.1) is 5.82 Å². The van der Waals surface area contributed by atoms with Crippen molar-refractivity contribution >= 4 is 34.8 Å². The summed E-state index contributed by atoms with van der Waals surface area (Å²) in [6.07, 6.45) is 2.02. The van der Waals surface area contributed by atoms with Crippen LogP contribution in [-0.2, 0) is 6.42 Å². The van der Waals surface area contributed by atoms with Gasteiger partial charge >= 0.3 is 0 Å². The molecule has 0 aliphatic rings. The molecule has 0 saturated carbocycles. The number of hydrogen-bond donors (Lipinski definition) is 1. The van der Waals surface area contributed by atoms with Gasteiger partial charge in [0.2, 0.25) is 0 Å². The van der Waals surface area contributed by atoms with Crippen molar-refractivity contribution in [3.8, 4) is 5.69 Å². The molecule has 2 aromatic carbocycles. The highest BCUT2D eigenvalue weighted by Crippen LogP contribution is 2.24. The van der Waals surface area contributed by atoms with Gasteiger partial charge in [0.1, 0.15) is 0 Å². The van der Waals surface area contributed by atoms with Crippen LogP contribution in [0.2, 0.25) is 10.0 Å². The Kier molecular flexibility index (Phi) is 5.06. The monoisotopic (exact) mass is 377 g/mol. The number of hydrogen-bond acceptors (Lipinski definition) is 2. The summed E-state index contributed by atoms with van der Waals surface area (Å²) >= 11 is 11.8. The average molecular weight is 378 g/mol. The second kappa shape index (κ2) is 7.25. The maximum atomic E-state index is 14.0. The minimum Gasteiger partial charge on any atom is -0.319 e. The van der Waals surface area contributed by atoms with Crippen LogP contribution in [0.3, 0.4) is 0 Å². The number of halogens is 3. The van der Waals surface area contributed by atoms with Crippen molar-refractivity contribution < 1.29 is 9.18 Å². The summed E-state index contributed by atoms with van der Waals surface area (Å²) in [6.45, 7) is 1.91. The normalized spacial score (nSPS) is 10.7. The van der Waals surface area contributed by atoms with E-state index >= 15 is 0 Å². The van der Waals surface area contributed by atoms with Gasteiger partial charge in [-0.05, 0) is 36.8 Å². The Morgan fingerprint density at radius 3 is 2.72 bits per heavy atom. The quantitative estimate of drug-likeness (QED) is 0.684. The maximum absolute atomic E-state index is 14.0. The van der Waals surface area contributed by atoms with E-state index in [1.54, 1.807) is 28.9 Å². The first kappa shape index (κ1) is 17.5. The van der Waals surface area contributed by atoms with Crippen LogP contribution < -0.4 is 5.32 Å². The zero-order chi connectivity index (χ0) is 18.0. The molecular weight excluding hydrogens is 364 g/mol. The summed E-state index contributed by atoms with van der Waals surface area (Å²) in [5, 5.41) is 7.34. The Morgan fingerprint density at radius 1 is 1.24 bits per heavy atom. The second-order valence-electron chi connectivity index (χ2n) is 5.31. The fraction of sp³-hybridized carbons (Fsp3) is 0.111. The summed E-state index contributed by atoms with van der Waals surface area (Å²) in [5.41, 5.74) is 1.83. The average Bonchev–Trinajstić information content (AvgIpc) is 3.03. The first-order chi connectivity index (χ1) is 12.0. The van der Waals surface area contributed by atoms with E-state index in [1.165, 1.54) is 18.3 Å². The highest BCUT2D eigenvalue weighted by atomic mass is 35.5. The van der Waals surface area contributed by atoms with Crippen LogP contribution in [0.4, 0.5) is 10.1 Å². The minimum atomic E-state index is -0.669. The molecule has 0 spiro atoms. The molecule has 0 saturated heterocycles. The Balaban J connectivity index is 1.95. The number of carbonyl (C=O) groups is 1. The van der Waals surface area contributed by atoms with Gasteiger partial charge in [0, 0.05) is 5.02 Å². The molecule has 1 amide bonds. The number of rotatable bonds is 4. The zero-order valence-electron chi connectivity index (χ0n) is 13.3. The summed E-state index contributed by atoms with van der Waals surface area (Å²) in [5.74, 6) is -1.12. The molecule has 0 aliphatic heterocycles. The molecule has 3 aromatic rings. The lowest BCUT2D eigenvalue weighted by atomic mass is 10.1. The molecule has 0 unspecified atom stereocenters. The lowest BCUT2D eigenvalue weighted by Crippen LogP contribution is -2.15. The molecule has 1 heterocycles. The number of aromatic nitrogens is 2. The van der Waals surface area contributed by atoms with E-state index in [0.29, 0.717) is 22.7 Å². The van der Waals surface area contributed by atoms with E-state index in [9.17, 15) is 9.18 Å². The number of benzene rings is 2. The zero-order valence-corrected chi connectivity index (χ0v) is 14.8. The van der Waals surface area contributed by atoms with E-state index in [4.69, 9.17) is 23.2 Å². The lowest BCUT2D eigenvalue weighted by molar-refractivity contribution is 0.102. The van der Waals surface area contributed by atoms with E-state index in [2.05, 4.69) is 10.4 Å². The third-order valence-electron chi connectivity index (χ3n) is 3.70. The Bertz CT molecular complexity index is 940. The van der Waals surface area contributed by atoms with Crippen molar-refractivity contribution in [2.24, 2.45) is 0 Å². The molecule has 4 nitrogen and oxygen atoms in total. The Labute approximate surface area is 154 Å². The Hall–Kier alpha value is -2.37. The fourth-order valence-corrected chi connectivity index (χ4v) is 2.88. The standard InChI is InChI=1S/C18H14Cl2FN3O/c1-2-16-13(10-22-24(16)12-6-3-5-11(19)9-12)18(25)23-15-8-4-7-14(20)17(15)21/h3-10H,2H2,1H3,(H,23,25). The molecule has 0 radical (unpaired) electrons. The number of amides is 1. The van der Waals surface area contributed by atoms with Crippen molar-refractivity contribution in [3.05, 3.63) is 75.8 Å². The van der Waals surface area contributed by atoms with E-state index in [0.717, 1.165) is 5.69 Å². The van der Waals surface area contributed by atoms with Gasteiger partial charge in [-0.25, -0.2) is 9.07 Å². The summed E-state index contributed by atoms with van der Waals surface area (Å²) in [7, 11) is 0. The number of nitrogens with zero attached hydrogens (tertiary/aromatic N) is 2. The number of anilines is 1. The lowest BCUT2D eigenvalue weighted by Gasteiger charge is -2.09. The third kappa shape index (κ3) is 3.52. The van der Waals surface area contributed by atoms with Gasteiger partial charge in [0.05, 0.1) is 33.9 Å². The Morgan fingerprint density at radius 2 is 2.00 bits per heavy atom. The number of nitrogens with one attached hydrogen (secondary N) is 1. The molecule has 7 heteroatoms. The second-order valence-corrected chi connectivity index (χ2v) is 6.15. The van der Waals surface area contributed by atoms with Crippen LogP contribution in [0.1, 0.15) is 23.0 Å². The molecule has 128 valence electrons. The van der Waals surface area contributed by atoms with Crippen LogP contribution in [0.25, 0.3) is 5.69 Å². The van der Waals surface area contributed by atoms with Crippen LogP contribution in [0.15, 0.2) is 48.7 Å². The molecule has 1 N–H and O–H groups in total. The summed E-state index contributed by atoms with van der Waals surface area (Å²) in [4.78, 5) is 12.6. The largest absolute Gasteiger partial charge is 0.319 e. The van der Waals surface area contributed by atoms with Gasteiger partial charge in [0.25, 0.3) is 5.91 Å². The van der Waals surface area contributed by atoms with Crippen LogP contribution >= 0.6 is 23.2 Å². The van der Waals surface area contributed by atoms with Crippen molar-refractivity contribution in [1.82, 2.24) is 9.78 Å². The third-order valence-corrected chi connectivity index (χ3v) is 4.23. The van der Waals surface area contributed by atoms with Gasteiger partial charge in [-0.3, -0.25) is 4.79 Å². The fourth-order valence-electron chi connectivity index (χ4n) is 2.52. The van der Waals surface area contributed by atoms with E-state index < -0.39 is 11.7 Å². The van der Waals surface area contributed by atoms with Gasteiger partial charge in [-0.15, -0.1) is 0 Å². The van der Waals surface area contributed by atoms with Crippen LogP contribution in [0.5, 0.6) is 0 Å². The molecule has 0 atom stereocenters. The van der Waals surface area contributed by atoms with Gasteiger partial charge in [0.15, 0.2) is 5.82 Å². The number of carbonyl (C=O) groups excluding carboxylic acids is 1. The van der Waals surface area contributed by atoms with Gasteiger partial charge in [-0.2, -0.15) is 5.10 Å². The summed E-state index contributed by atoms with van der Waals surface area (Å²) in [6, 6.07) is 11.6. The molecule has 0 aliphatic carbocycles. The van der Waals surface area contributed by atoms with Crippen molar-refractivity contribution in [2.45, 2.75) is 13.3 Å². The molecular formula is C18H14Cl2FN3O. The van der Waals surface area contributed by atoms with Crippen molar-refractivity contribution in [1.29, 1.82) is 0 Å². The van der Waals surface area contributed by atoms with E-state index in [1.807, 2.05) is 13.0 Å². The summed E-state index contributed by atoms with van der Waals surface area (Å²) < 4.78 is 15.6. The highest BCUT2D eigenvalue weighted by Gasteiger charge is 2.19. The molecule has 0 fully saturated rings. The first-order valence-corrected chi connectivity index (χ1v) is 8.35. The highest BCUT2D eigenvalue weighted by molar-refractivity contribution is 6.31. The SMILES string of the molecule is CCc1c(C(=O)Nc2cccc(Cl)c2F)cnn1-c1cccc(Cl)c1.